The van der Waals surface area contributed by atoms with E-state index in [4.69, 9.17) is 4.98 Å². The molecule has 1 saturated heterocycles. The Labute approximate surface area is 176 Å². The van der Waals surface area contributed by atoms with E-state index in [0.717, 1.165) is 30.7 Å². The highest BCUT2D eigenvalue weighted by atomic mass is 32.2. The van der Waals surface area contributed by atoms with Gasteiger partial charge in [-0.05, 0) is 57.1 Å². The third-order valence-corrected chi connectivity index (χ3v) is 8.75. The van der Waals surface area contributed by atoms with Crippen LogP contribution in [0.2, 0.25) is 0 Å². The second-order valence-electron chi connectivity index (χ2n) is 7.67. The number of thiazole rings is 1. The summed E-state index contributed by atoms with van der Waals surface area (Å²) in [5.41, 5.74) is 1.27. The van der Waals surface area contributed by atoms with Crippen molar-refractivity contribution < 1.29 is 13.2 Å². The van der Waals surface area contributed by atoms with Crippen LogP contribution in [-0.2, 0) is 34.1 Å². The Bertz CT molecular complexity index is 933. The van der Waals surface area contributed by atoms with Gasteiger partial charge < -0.3 is 5.32 Å². The summed E-state index contributed by atoms with van der Waals surface area (Å²) in [5, 5.41) is 4.09. The second-order valence-corrected chi connectivity index (χ2v) is 10.7. The van der Waals surface area contributed by atoms with E-state index in [2.05, 4.69) is 5.32 Å². The zero-order chi connectivity index (χ0) is 20.3. The van der Waals surface area contributed by atoms with Gasteiger partial charge in [0, 0.05) is 24.4 Å². The SMILES string of the molecule is O=C(NCCCc1nc2c(s1)CCCC2)C1CCCN1S(=O)(=O)c1ccccc1. The molecule has 1 aliphatic carbocycles. The molecule has 1 atom stereocenters. The molecule has 4 rings (SSSR count). The van der Waals surface area contributed by atoms with Crippen LogP contribution >= 0.6 is 11.3 Å². The van der Waals surface area contributed by atoms with Crippen LogP contribution in [0, 0.1) is 0 Å². The van der Waals surface area contributed by atoms with Gasteiger partial charge in [0.2, 0.25) is 15.9 Å². The molecule has 0 radical (unpaired) electrons. The van der Waals surface area contributed by atoms with Crippen LogP contribution in [0.4, 0.5) is 0 Å². The fourth-order valence-corrected chi connectivity index (χ4v) is 6.98. The average molecular weight is 434 g/mol. The lowest BCUT2D eigenvalue weighted by molar-refractivity contribution is -0.124. The lowest BCUT2D eigenvalue weighted by Crippen LogP contribution is -2.46. The number of aromatic nitrogens is 1. The highest BCUT2D eigenvalue weighted by molar-refractivity contribution is 7.89. The summed E-state index contributed by atoms with van der Waals surface area (Å²) < 4.78 is 27.2. The Kier molecular flexibility index (Phi) is 6.32. The highest BCUT2D eigenvalue weighted by Crippen LogP contribution is 2.28. The number of nitrogens with zero attached hydrogens (tertiary/aromatic N) is 2. The first-order valence-corrected chi connectivity index (χ1v) is 12.6. The van der Waals surface area contributed by atoms with Gasteiger partial charge in [-0.15, -0.1) is 11.3 Å². The molecule has 29 heavy (non-hydrogen) atoms. The molecule has 0 bridgehead atoms. The predicted octanol–water partition coefficient (Wildman–Crippen LogP) is 2.92. The third-order valence-electron chi connectivity index (χ3n) is 5.61. The number of carbonyl (C=O) groups is 1. The number of sulfonamides is 1. The van der Waals surface area contributed by atoms with Gasteiger partial charge in [0.25, 0.3) is 0 Å². The summed E-state index contributed by atoms with van der Waals surface area (Å²) in [5.74, 6) is -0.194. The number of fused-ring (bicyclic) bond motifs is 1. The van der Waals surface area contributed by atoms with E-state index in [1.807, 2.05) is 11.3 Å². The van der Waals surface area contributed by atoms with Gasteiger partial charge in [0.05, 0.1) is 15.6 Å². The molecule has 156 valence electrons. The Hall–Kier alpha value is -1.77. The zero-order valence-electron chi connectivity index (χ0n) is 16.5. The molecule has 1 unspecified atom stereocenters. The van der Waals surface area contributed by atoms with Crippen LogP contribution in [0.5, 0.6) is 0 Å². The molecule has 6 nitrogen and oxygen atoms in total. The minimum atomic E-state index is -3.64. The predicted molar refractivity (Wildman–Crippen MR) is 113 cm³/mol. The number of benzene rings is 1. The molecular formula is C21H27N3O3S2. The van der Waals surface area contributed by atoms with Gasteiger partial charge in [-0.2, -0.15) is 4.31 Å². The molecule has 1 fully saturated rings. The monoisotopic (exact) mass is 433 g/mol. The molecule has 1 aromatic carbocycles. The molecule has 0 saturated carbocycles. The zero-order valence-corrected chi connectivity index (χ0v) is 18.1. The van der Waals surface area contributed by atoms with E-state index >= 15 is 0 Å². The maximum Gasteiger partial charge on any atom is 0.243 e. The summed E-state index contributed by atoms with van der Waals surface area (Å²) in [4.78, 5) is 19.1. The minimum Gasteiger partial charge on any atom is -0.355 e. The average Bonchev–Trinajstić information content (AvgIpc) is 3.39. The van der Waals surface area contributed by atoms with Gasteiger partial charge in [0.15, 0.2) is 0 Å². The Balaban J connectivity index is 1.30. The molecule has 8 heteroatoms. The van der Waals surface area contributed by atoms with Crippen LogP contribution in [-0.4, -0.2) is 42.7 Å². The van der Waals surface area contributed by atoms with Crippen LogP contribution in [0.1, 0.15) is 47.7 Å². The van der Waals surface area contributed by atoms with E-state index in [1.165, 1.54) is 27.7 Å². The Morgan fingerprint density at radius 2 is 1.97 bits per heavy atom. The molecule has 1 aliphatic heterocycles. The third kappa shape index (κ3) is 4.54. The molecule has 1 aromatic heterocycles. The largest absolute Gasteiger partial charge is 0.355 e. The molecule has 2 aliphatic rings. The number of hydrogen-bond acceptors (Lipinski definition) is 5. The van der Waals surface area contributed by atoms with E-state index < -0.39 is 16.1 Å². The number of nitrogens with one attached hydrogen (secondary N) is 1. The van der Waals surface area contributed by atoms with Crippen LogP contribution in [0.3, 0.4) is 0 Å². The van der Waals surface area contributed by atoms with E-state index in [1.54, 1.807) is 30.3 Å². The van der Waals surface area contributed by atoms with Crippen LogP contribution in [0.15, 0.2) is 35.2 Å². The lowest BCUT2D eigenvalue weighted by atomic mass is 10.0. The van der Waals surface area contributed by atoms with Gasteiger partial charge in [-0.1, -0.05) is 18.2 Å². The second kappa shape index (κ2) is 8.93. The van der Waals surface area contributed by atoms with Gasteiger partial charge in [-0.3, -0.25) is 4.79 Å². The smallest absolute Gasteiger partial charge is 0.243 e. The summed E-state index contributed by atoms with van der Waals surface area (Å²) >= 11 is 1.81. The standard InChI is InChI=1S/C21H27N3O3S2/c25-21(22-14-6-13-20-23-17-10-4-5-12-19(17)28-20)18-11-7-15-24(18)29(26,27)16-8-2-1-3-9-16/h1-3,8-9,18H,4-7,10-15H2,(H,22,25). The minimum absolute atomic E-state index is 0.194. The van der Waals surface area contributed by atoms with Crippen molar-refractivity contribution in [1.29, 1.82) is 0 Å². The highest BCUT2D eigenvalue weighted by Gasteiger charge is 2.39. The molecule has 1 amide bonds. The van der Waals surface area contributed by atoms with E-state index in [9.17, 15) is 13.2 Å². The number of carbonyl (C=O) groups excluding carboxylic acids is 1. The molecule has 2 heterocycles. The number of aryl methyl sites for hydroxylation is 3. The van der Waals surface area contributed by atoms with Crippen molar-refractivity contribution in [2.75, 3.05) is 13.1 Å². The van der Waals surface area contributed by atoms with Crippen molar-refractivity contribution in [1.82, 2.24) is 14.6 Å². The van der Waals surface area contributed by atoms with E-state index in [0.29, 0.717) is 25.9 Å². The molecular weight excluding hydrogens is 406 g/mol. The molecule has 2 aromatic rings. The summed E-state index contributed by atoms with van der Waals surface area (Å²) in [6.45, 7) is 0.929. The summed E-state index contributed by atoms with van der Waals surface area (Å²) in [6, 6.07) is 7.73. The van der Waals surface area contributed by atoms with Crippen molar-refractivity contribution in [3.05, 3.63) is 45.9 Å². The topological polar surface area (TPSA) is 79.4 Å². The normalized spacial score (nSPS) is 19.8. The van der Waals surface area contributed by atoms with Crippen molar-refractivity contribution in [2.45, 2.75) is 62.3 Å². The van der Waals surface area contributed by atoms with Crippen molar-refractivity contribution in [2.24, 2.45) is 0 Å². The maximum absolute atomic E-state index is 12.9. The molecule has 1 N–H and O–H groups in total. The fourth-order valence-electron chi connectivity index (χ4n) is 4.10. The van der Waals surface area contributed by atoms with Crippen LogP contribution in [0.25, 0.3) is 0 Å². The summed E-state index contributed by atoms with van der Waals surface area (Å²) in [6.07, 6.45) is 7.68. The van der Waals surface area contributed by atoms with Crippen molar-refractivity contribution in [3.63, 3.8) is 0 Å². The van der Waals surface area contributed by atoms with E-state index in [-0.39, 0.29) is 10.8 Å². The Morgan fingerprint density at radius 1 is 1.17 bits per heavy atom. The number of rotatable bonds is 7. The van der Waals surface area contributed by atoms with Gasteiger partial charge in [0.1, 0.15) is 6.04 Å². The number of hydrogen-bond donors (Lipinski definition) is 1. The summed E-state index contributed by atoms with van der Waals surface area (Å²) in [7, 11) is -3.64. The molecule has 0 spiro atoms. The van der Waals surface area contributed by atoms with Crippen molar-refractivity contribution >= 4 is 27.3 Å². The quantitative estimate of drug-likeness (QED) is 0.681. The Morgan fingerprint density at radius 3 is 2.76 bits per heavy atom. The fraction of sp³-hybridized carbons (Fsp3) is 0.524. The van der Waals surface area contributed by atoms with Crippen LogP contribution < -0.4 is 5.32 Å². The lowest BCUT2D eigenvalue weighted by Gasteiger charge is -2.23. The number of amides is 1. The van der Waals surface area contributed by atoms with Gasteiger partial charge >= 0.3 is 0 Å². The first-order valence-electron chi connectivity index (χ1n) is 10.4. The van der Waals surface area contributed by atoms with Gasteiger partial charge in [-0.25, -0.2) is 13.4 Å². The van der Waals surface area contributed by atoms with Crippen molar-refractivity contribution in [3.8, 4) is 0 Å². The maximum atomic E-state index is 12.9. The first-order chi connectivity index (χ1) is 14.1. The first kappa shape index (κ1) is 20.5.